The minimum Gasteiger partial charge on any atom is -0.380 e. The lowest BCUT2D eigenvalue weighted by molar-refractivity contribution is -0.384. The Balaban J connectivity index is 2.09. The molecule has 1 aromatic carbocycles. The van der Waals surface area contributed by atoms with Gasteiger partial charge in [0.2, 0.25) is 0 Å². The number of nitrogens with two attached hydrogens (primary N) is 1. The molecule has 1 aromatic heterocycles. The van der Waals surface area contributed by atoms with E-state index in [1.54, 1.807) is 6.92 Å². The molecule has 0 radical (unpaired) electrons. The number of benzene rings is 1. The second-order valence-corrected chi connectivity index (χ2v) is 3.92. The van der Waals surface area contributed by atoms with Crippen LogP contribution in [0.2, 0.25) is 0 Å². The van der Waals surface area contributed by atoms with Crippen molar-refractivity contribution in [3.05, 3.63) is 51.3 Å². The van der Waals surface area contributed by atoms with Crippen LogP contribution in [0.15, 0.2) is 29.4 Å². The summed E-state index contributed by atoms with van der Waals surface area (Å²) < 4.78 is 0. The van der Waals surface area contributed by atoms with Gasteiger partial charge in [-0.25, -0.2) is 4.79 Å². The molecule has 2 rings (SSSR count). The van der Waals surface area contributed by atoms with Crippen LogP contribution in [0.1, 0.15) is 21.7 Å². The Morgan fingerprint density at radius 2 is 2.05 bits per heavy atom. The second kappa shape index (κ2) is 5.77. The average Bonchev–Trinajstić information content (AvgIpc) is 2.90. The largest absolute Gasteiger partial charge is 0.387 e. The number of carbonyl (C=O) groups excluding carboxylic acids is 1. The number of nitro groups is 1. The van der Waals surface area contributed by atoms with E-state index in [1.807, 2.05) is 0 Å². The summed E-state index contributed by atoms with van der Waals surface area (Å²) in [5.41, 5.74) is 6.28. The van der Waals surface area contributed by atoms with Crippen molar-refractivity contribution in [3.8, 4) is 0 Å². The van der Waals surface area contributed by atoms with Gasteiger partial charge in [0.25, 0.3) is 5.69 Å². The Bertz CT molecular complexity index is 706. The molecule has 0 amide bonds. The lowest BCUT2D eigenvalue weighted by Crippen LogP contribution is -2.15. The highest BCUT2D eigenvalue weighted by molar-refractivity contribution is 5.98. The maximum Gasteiger partial charge on any atom is 0.387 e. The number of non-ortho nitro benzene ring substituents is 1. The van der Waals surface area contributed by atoms with Crippen molar-refractivity contribution < 1.29 is 14.6 Å². The van der Waals surface area contributed by atoms with E-state index >= 15 is 0 Å². The van der Waals surface area contributed by atoms with Gasteiger partial charge in [-0.05, 0) is 19.1 Å². The number of H-pyrrole nitrogens is 1. The third-order valence-electron chi connectivity index (χ3n) is 2.52. The highest BCUT2D eigenvalue weighted by Gasteiger charge is 2.15. The van der Waals surface area contributed by atoms with Crippen LogP contribution in [0.25, 0.3) is 0 Å². The molecule has 10 heteroatoms. The summed E-state index contributed by atoms with van der Waals surface area (Å²) >= 11 is 0. The van der Waals surface area contributed by atoms with Gasteiger partial charge in [-0.1, -0.05) is 5.16 Å². The quantitative estimate of drug-likeness (QED) is 0.273. The summed E-state index contributed by atoms with van der Waals surface area (Å²) in [6, 6.07) is 5.32. The number of oxime groups is 1. The highest BCUT2D eigenvalue weighted by Crippen LogP contribution is 2.12. The van der Waals surface area contributed by atoms with E-state index < -0.39 is 10.9 Å². The van der Waals surface area contributed by atoms with Gasteiger partial charge in [0.15, 0.2) is 11.5 Å². The third kappa shape index (κ3) is 3.18. The molecule has 0 spiro atoms. The predicted octanol–water partition coefficient (Wildman–Crippen LogP) is 0.499. The number of aromatic amines is 1. The molecule has 10 nitrogen and oxygen atoms in total. The first-order chi connectivity index (χ1) is 9.99. The number of nitrogens with zero attached hydrogens (tertiary/aromatic N) is 4. The van der Waals surface area contributed by atoms with E-state index in [0.29, 0.717) is 11.3 Å². The number of rotatable bonds is 4. The number of aromatic nitrogens is 3. The first-order valence-corrected chi connectivity index (χ1v) is 5.66. The van der Waals surface area contributed by atoms with E-state index in [4.69, 9.17) is 5.73 Å². The Kier molecular flexibility index (Phi) is 3.88. The number of nitrogens with one attached hydrogen (secondary N) is 1. The highest BCUT2D eigenvalue weighted by atomic mass is 16.7. The maximum atomic E-state index is 11.6. The number of nitro benzene ring substituents is 1. The van der Waals surface area contributed by atoms with Gasteiger partial charge in [-0.2, -0.15) is 10.3 Å². The SMILES string of the molecule is Cc1n[nH]nc1C(=O)O/N=C(\N)c1ccc([N+](=O)[O-])cc1. The van der Waals surface area contributed by atoms with Gasteiger partial charge < -0.3 is 10.6 Å². The van der Waals surface area contributed by atoms with Crippen LogP contribution in [0, 0.1) is 17.0 Å². The van der Waals surface area contributed by atoms with Crippen molar-refractivity contribution in [2.75, 3.05) is 0 Å². The van der Waals surface area contributed by atoms with E-state index in [0.717, 1.165) is 0 Å². The molecule has 0 aliphatic heterocycles. The molecular formula is C11H10N6O4. The maximum absolute atomic E-state index is 11.6. The van der Waals surface area contributed by atoms with Gasteiger partial charge in [-0.15, -0.1) is 5.10 Å². The first-order valence-electron chi connectivity index (χ1n) is 5.66. The van der Waals surface area contributed by atoms with E-state index in [2.05, 4.69) is 25.4 Å². The van der Waals surface area contributed by atoms with Crippen LogP contribution in [-0.2, 0) is 4.84 Å². The molecule has 3 N–H and O–H groups in total. The van der Waals surface area contributed by atoms with Crippen LogP contribution >= 0.6 is 0 Å². The fraction of sp³-hybridized carbons (Fsp3) is 0.0909. The zero-order valence-electron chi connectivity index (χ0n) is 10.8. The zero-order chi connectivity index (χ0) is 15.4. The van der Waals surface area contributed by atoms with Gasteiger partial charge in [0.1, 0.15) is 0 Å². The van der Waals surface area contributed by atoms with Crippen molar-refractivity contribution in [3.63, 3.8) is 0 Å². The van der Waals surface area contributed by atoms with Crippen LogP contribution < -0.4 is 5.73 Å². The molecule has 1 heterocycles. The number of hydrogen-bond donors (Lipinski definition) is 2. The van der Waals surface area contributed by atoms with Crippen LogP contribution in [0.3, 0.4) is 0 Å². The van der Waals surface area contributed by atoms with E-state index in [9.17, 15) is 14.9 Å². The molecule has 0 bridgehead atoms. The summed E-state index contributed by atoms with van der Waals surface area (Å²) in [6.07, 6.45) is 0. The fourth-order valence-electron chi connectivity index (χ4n) is 1.42. The Morgan fingerprint density at radius 1 is 1.38 bits per heavy atom. The number of amidine groups is 1. The van der Waals surface area contributed by atoms with Crippen molar-refractivity contribution >= 4 is 17.5 Å². The molecule has 0 unspecified atom stereocenters. The molecule has 0 saturated carbocycles. The van der Waals surface area contributed by atoms with Crippen molar-refractivity contribution in [1.82, 2.24) is 15.4 Å². The molecule has 2 aromatic rings. The lowest BCUT2D eigenvalue weighted by Gasteiger charge is -2.00. The fourth-order valence-corrected chi connectivity index (χ4v) is 1.42. The standard InChI is InChI=1S/C11H10N6O4/c1-6-9(14-16-13-6)11(18)21-15-10(12)7-2-4-8(5-3-7)17(19)20/h2-5H,1H3,(H2,12,15)(H,13,14,16). The minimum atomic E-state index is -0.814. The van der Waals surface area contributed by atoms with E-state index in [1.165, 1.54) is 24.3 Å². The predicted molar refractivity (Wildman–Crippen MR) is 70.4 cm³/mol. The Hall–Kier alpha value is -3.30. The molecule has 0 atom stereocenters. The number of aryl methyl sites for hydroxylation is 1. The summed E-state index contributed by atoms with van der Waals surface area (Å²) in [4.78, 5) is 26.2. The summed E-state index contributed by atoms with van der Waals surface area (Å²) in [6.45, 7) is 1.57. The number of hydrogen-bond acceptors (Lipinski definition) is 7. The third-order valence-corrected chi connectivity index (χ3v) is 2.52. The molecule has 0 fully saturated rings. The van der Waals surface area contributed by atoms with Crippen molar-refractivity contribution in [2.24, 2.45) is 10.9 Å². The molecule has 0 aliphatic rings. The van der Waals surface area contributed by atoms with E-state index in [-0.39, 0.29) is 17.2 Å². The van der Waals surface area contributed by atoms with Gasteiger partial charge in [0.05, 0.1) is 10.6 Å². The van der Waals surface area contributed by atoms with Gasteiger partial charge in [0, 0.05) is 17.7 Å². The van der Waals surface area contributed by atoms with Gasteiger partial charge >= 0.3 is 5.97 Å². The molecule has 21 heavy (non-hydrogen) atoms. The molecule has 0 aliphatic carbocycles. The Morgan fingerprint density at radius 3 is 2.57 bits per heavy atom. The topological polar surface area (TPSA) is 149 Å². The molecule has 0 saturated heterocycles. The molecule has 108 valence electrons. The Labute approximate surface area is 117 Å². The summed E-state index contributed by atoms with van der Waals surface area (Å²) in [5.74, 6) is -0.912. The summed E-state index contributed by atoms with van der Waals surface area (Å²) in [5, 5.41) is 23.5. The first kappa shape index (κ1) is 14.1. The van der Waals surface area contributed by atoms with Crippen LogP contribution in [-0.4, -0.2) is 32.1 Å². The zero-order valence-corrected chi connectivity index (χ0v) is 10.8. The van der Waals surface area contributed by atoms with Crippen molar-refractivity contribution in [2.45, 2.75) is 6.92 Å². The van der Waals surface area contributed by atoms with Crippen LogP contribution in [0.5, 0.6) is 0 Å². The van der Waals surface area contributed by atoms with Crippen LogP contribution in [0.4, 0.5) is 5.69 Å². The van der Waals surface area contributed by atoms with Gasteiger partial charge in [-0.3, -0.25) is 10.1 Å². The normalized spacial score (nSPS) is 11.2. The lowest BCUT2D eigenvalue weighted by atomic mass is 10.2. The smallest absolute Gasteiger partial charge is 0.380 e. The number of carbonyl (C=O) groups is 1. The summed E-state index contributed by atoms with van der Waals surface area (Å²) in [7, 11) is 0. The average molecular weight is 290 g/mol. The van der Waals surface area contributed by atoms with Crippen molar-refractivity contribution in [1.29, 1.82) is 0 Å². The second-order valence-electron chi connectivity index (χ2n) is 3.92. The molecular weight excluding hydrogens is 280 g/mol. The monoisotopic (exact) mass is 290 g/mol. The minimum absolute atomic E-state index is 0.00440.